The fourth-order valence-electron chi connectivity index (χ4n) is 1.75. The number of sulfone groups is 1. The lowest BCUT2D eigenvalue weighted by Crippen LogP contribution is -2.39. The van der Waals surface area contributed by atoms with Crippen molar-refractivity contribution in [1.82, 2.24) is 0 Å². The van der Waals surface area contributed by atoms with Gasteiger partial charge in [-0.05, 0) is 12.5 Å². The zero-order valence-corrected chi connectivity index (χ0v) is 12.6. The van der Waals surface area contributed by atoms with Crippen LogP contribution in [-0.2, 0) is 9.84 Å². The zero-order chi connectivity index (χ0) is 14.0. The number of aliphatic hydroxyl groups excluding tert-OH is 1. The Morgan fingerprint density at radius 1 is 1.39 bits per heavy atom. The van der Waals surface area contributed by atoms with E-state index in [4.69, 9.17) is 0 Å². The molecule has 1 aromatic carbocycles. The van der Waals surface area contributed by atoms with Crippen molar-refractivity contribution >= 4 is 25.8 Å². The molecule has 0 aromatic heterocycles. The highest BCUT2D eigenvalue weighted by Gasteiger charge is 2.46. The average Bonchev–Trinajstić information content (AvgIpc) is 2.37. The van der Waals surface area contributed by atoms with Gasteiger partial charge in [0.1, 0.15) is 11.9 Å². The molecule has 0 spiro atoms. The molecule has 102 valence electrons. The second-order valence-electron chi connectivity index (χ2n) is 3.97. The van der Waals surface area contributed by atoms with Gasteiger partial charge in [-0.15, -0.1) is 0 Å². The minimum Gasteiger partial charge on any atom is -0.386 e. The Kier molecular flexibility index (Phi) is 4.91. The number of halogens is 2. The predicted molar refractivity (Wildman–Crippen MR) is 72.8 cm³/mol. The highest BCUT2D eigenvalue weighted by Crippen LogP contribution is 2.42. The minimum atomic E-state index is -3.57. The van der Waals surface area contributed by atoms with Gasteiger partial charge < -0.3 is 5.11 Å². The summed E-state index contributed by atoms with van der Waals surface area (Å²) in [7, 11) is -3.57. The number of benzene rings is 1. The normalized spacial score (nSPS) is 17.2. The van der Waals surface area contributed by atoms with E-state index in [9.17, 15) is 17.9 Å². The van der Waals surface area contributed by atoms with Crippen LogP contribution in [-0.4, -0.2) is 22.9 Å². The third-order valence-corrected chi connectivity index (χ3v) is 7.77. The van der Waals surface area contributed by atoms with Crippen molar-refractivity contribution in [2.45, 2.75) is 30.0 Å². The quantitative estimate of drug-likeness (QED) is 0.840. The van der Waals surface area contributed by atoms with Crippen LogP contribution in [0.4, 0.5) is 4.39 Å². The Balaban J connectivity index is 3.31. The summed E-state index contributed by atoms with van der Waals surface area (Å²) in [6.45, 7) is 3.13. The Morgan fingerprint density at radius 3 is 2.39 bits per heavy atom. The zero-order valence-electron chi connectivity index (χ0n) is 10.2. The number of alkyl halides is 1. The molecule has 1 rings (SSSR count). The second kappa shape index (κ2) is 5.67. The molecule has 0 amide bonds. The lowest BCUT2D eigenvalue weighted by molar-refractivity contribution is 0.155. The number of aliphatic hydroxyl groups is 1. The third kappa shape index (κ3) is 2.60. The van der Waals surface area contributed by atoms with Crippen molar-refractivity contribution in [1.29, 1.82) is 0 Å². The molecular weight excluding hydrogens is 323 g/mol. The molecule has 0 saturated carbocycles. The van der Waals surface area contributed by atoms with E-state index in [-0.39, 0.29) is 17.7 Å². The first-order valence-corrected chi connectivity index (χ1v) is 8.08. The molecular formula is C12H16BrFO3S. The Bertz CT molecular complexity index is 518. The molecule has 1 aromatic rings. The monoisotopic (exact) mass is 338 g/mol. The highest BCUT2D eigenvalue weighted by molar-refractivity contribution is 9.11. The maximum absolute atomic E-state index is 13.6. The maximum atomic E-state index is 13.6. The van der Waals surface area contributed by atoms with E-state index in [1.807, 2.05) is 0 Å². The van der Waals surface area contributed by atoms with Crippen molar-refractivity contribution < 1.29 is 17.9 Å². The summed E-state index contributed by atoms with van der Waals surface area (Å²) in [6.07, 6.45) is -1.31. The van der Waals surface area contributed by atoms with Crippen LogP contribution in [0.5, 0.6) is 0 Å². The van der Waals surface area contributed by atoms with Crippen LogP contribution in [0.15, 0.2) is 24.3 Å². The topological polar surface area (TPSA) is 54.4 Å². The minimum absolute atomic E-state index is 0.0201. The fourth-order valence-corrected chi connectivity index (χ4v) is 4.07. The smallest absolute Gasteiger partial charge is 0.168 e. The van der Waals surface area contributed by atoms with Gasteiger partial charge >= 0.3 is 0 Å². The Morgan fingerprint density at radius 2 is 1.94 bits per heavy atom. The van der Waals surface area contributed by atoms with E-state index in [1.165, 1.54) is 25.1 Å². The van der Waals surface area contributed by atoms with Gasteiger partial charge in [0.2, 0.25) is 0 Å². The van der Waals surface area contributed by atoms with Crippen molar-refractivity contribution in [3.63, 3.8) is 0 Å². The van der Waals surface area contributed by atoms with E-state index in [0.717, 1.165) is 0 Å². The van der Waals surface area contributed by atoms with Crippen LogP contribution in [0.2, 0.25) is 0 Å². The van der Waals surface area contributed by atoms with Crippen LogP contribution >= 0.6 is 15.9 Å². The van der Waals surface area contributed by atoms with Gasteiger partial charge in [-0.25, -0.2) is 12.8 Å². The van der Waals surface area contributed by atoms with Crippen molar-refractivity contribution in [2.24, 2.45) is 0 Å². The molecule has 0 heterocycles. The van der Waals surface area contributed by atoms with E-state index < -0.39 is 25.4 Å². The van der Waals surface area contributed by atoms with Crippen LogP contribution in [0.25, 0.3) is 0 Å². The third-order valence-electron chi connectivity index (χ3n) is 2.99. The summed E-state index contributed by atoms with van der Waals surface area (Å²) in [5, 5.41) is 10.2. The summed E-state index contributed by atoms with van der Waals surface area (Å²) >= 11 is 3.10. The van der Waals surface area contributed by atoms with Gasteiger partial charge in [-0.2, -0.15) is 0 Å². The molecule has 0 aliphatic heterocycles. The van der Waals surface area contributed by atoms with E-state index in [1.54, 1.807) is 13.0 Å². The molecule has 0 radical (unpaired) electrons. The molecule has 0 saturated heterocycles. The van der Waals surface area contributed by atoms with Crippen molar-refractivity contribution in [3.05, 3.63) is 35.6 Å². The molecule has 0 fully saturated rings. The maximum Gasteiger partial charge on any atom is 0.168 e. The van der Waals surface area contributed by atoms with Crippen molar-refractivity contribution in [3.8, 4) is 0 Å². The lowest BCUT2D eigenvalue weighted by Gasteiger charge is -2.31. The summed E-state index contributed by atoms with van der Waals surface area (Å²) < 4.78 is 36.2. The Labute approximate surface area is 115 Å². The first kappa shape index (κ1) is 15.6. The first-order chi connectivity index (χ1) is 8.30. The predicted octanol–water partition coefficient (Wildman–Crippen LogP) is 2.80. The van der Waals surface area contributed by atoms with Crippen LogP contribution < -0.4 is 0 Å². The van der Waals surface area contributed by atoms with Gasteiger partial charge in [0, 0.05) is 11.3 Å². The molecule has 2 atom stereocenters. The number of hydrogen-bond donors (Lipinski definition) is 1. The average molecular weight is 339 g/mol. The lowest BCUT2D eigenvalue weighted by atomic mass is 10.0. The molecule has 0 aliphatic rings. The largest absolute Gasteiger partial charge is 0.386 e. The van der Waals surface area contributed by atoms with Gasteiger partial charge in [0.15, 0.2) is 13.5 Å². The standard InChI is InChI=1S/C12H16BrFO3S/c1-3-12(13,18(16,17)4-2)11(15)9-7-5-6-8-10(9)14/h5-8,11,15H,3-4H2,1-2H3/t11-,12-/m1/s1. The van der Waals surface area contributed by atoms with Crippen LogP contribution in [0, 0.1) is 5.82 Å². The van der Waals surface area contributed by atoms with E-state index >= 15 is 0 Å². The molecule has 3 nitrogen and oxygen atoms in total. The summed E-state index contributed by atoms with van der Waals surface area (Å²) in [6, 6.07) is 5.63. The summed E-state index contributed by atoms with van der Waals surface area (Å²) in [5.41, 5.74) is -0.0201. The van der Waals surface area contributed by atoms with Crippen LogP contribution in [0.1, 0.15) is 31.9 Å². The fraction of sp³-hybridized carbons (Fsp3) is 0.500. The molecule has 0 aliphatic carbocycles. The second-order valence-corrected chi connectivity index (χ2v) is 8.44. The molecule has 0 unspecified atom stereocenters. The van der Waals surface area contributed by atoms with Gasteiger partial charge in [0.25, 0.3) is 0 Å². The molecule has 1 N–H and O–H groups in total. The molecule has 18 heavy (non-hydrogen) atoms. The summed E-state index contributed by atoms with van der Waals surface area (Å²) in [5.74, 6) is -0.744. The molecule has 6 heteroatoms. The SMILES string of the molecule is CC[C@](Br)([C@H](O)c1ccccc1F)S(=O)(=O)CC. The van der Waals surface area contributed by atoms with Gasteiger partial charge in [-0.1, -0.05) is 48.0 Å². The summed E-state index contributed by atoms with van der Waals surface area (Å²) in [4.78, 5) is 0. The first-order valence-electron chi connectivity index (χ1n) is 5.63. The van der Waals surface area contributed by atoms with Gasteiger partial charge in [0.05, 0.1) is 0 Å². The number of hydrogen-bond acceptors (Lipinski definition) is 3. The Hall–Kier alpha value is -0.460. The van der Waals surface area contributed by atoms with Crippen molar-refractivity contribution in [2.75, 3.05) is 5.75 Å². The van der Waals surface area contributed by atoms with Gasteiger partial charge in [-0.3, -0.25) is 0 Å². The van der Waals surface area contributed by atoms with E-state index in [2.05, 4.69) is 15.9 Å². The van der Waals surface area contributed by atoms with Crippen LogP contribution in [0.3, 0.4) is 0 Å². The molecule has 0 bridgehead atoms. The highest BCUT2D eigenvalue weighted by atomic mass is 79.9. The number of rotatable bonds is 5. The van der Waals surface area contributed by atoms with E-state index in [0.29, 0.717) is 0 Å².